The number of pyridine rings is 1. The van der Waals surface area contributed by atoms with Gasteiger partial charge in [0.15, 0.2) is 11.4 Å². The van der Waals surface area contributed by atoms with Gasteiger partial charge < -0.3 is 24.4 Å². The number of guanidine groups is 1. The van der Waals surface area contributed by atoms with Crippen LogP contribution in [0.15, 0.2) is 47.7 Å². The Bertz CT molecular complexity index is 1420. The molecule has 1 amide bonds. The van der Waals surface area contributed by atoms with Crippen LogP contribution in [0, 0.1) is 0 Å². The van der Waals surface area contributed by atoms with Crippen molar-refractivity contribution in [1.82, 2.24) is 19.9 Å². The number of hydrogen-bond donors (Lipinski definition) is 1. The van der Waals surface area contributed by atoms with Crippen LogP contribution in [-0.4, -0.2) is 62.9 Å². The number of ether oxygens (including phenoxy) is 3. The molecule has 3 heterocycles. The van der Waals surface area contributed by atoms with Crippen LogP contribution in [-0.2, 0) is 20.7 Å². The van der Waals surface area contributed by atoms with Crippen LogP contribution in [0.1, 0.15) is 57.6 Å². The summed E-state index contributed by atoms with van der Waals surface area (Å²) in [5, 5.41) is 7.24. The first-order valence-electron chi connectivity index (χ1n) is 12.5. The summed E-state index contributed by atoms with van der Waals surface area (Å²) in [6, 6.07) is 9.95. The zero-order valence-corrected chi connectivity index (χ0v) is 22.8. The fourth-order valence-corrected chi connectivity index (χ4v) is 3.82. The maximum Gasteiger partial charge on any atom is 0.437 e. The van der Waals surface area contributed by atoms with Crippen molar-refractivity contribution < 1.29 is 28.6 Å². The second kappa shape index (κ2) is 10.7. The van der Waals surface area contributed by atoms with E-state index in [-0.39, 0.29) is 12.2 Å². The van der Waals surface area contributed by atoms with Crippen LogP contribution in [0.25, 0.3) is 5.65 Å². The highest BCUT2D eigenvalue weighted by Gasteiger charge is 2.24. The minimum Gasteiger partial charge on any atom is -0.460 e. The molecule has 1 fully saturated rings. The van der Waals surface area contributed by atoms with E-state index in [2.05, 4.69) is 20.4 Å². The maximum atomic E-state index is 12.9. The Morgan fingerprint density at radius 1 is 0.974 bits per heavy atom. The van der Waals surface area contributed by atoms with E-state index in [9.17, 15) is 14.4 Å². The van der Waals surface area contributed by atoms with E-state index in [0.29, 0.717) is 36.0 Å². The molecule has 1 N–H and O–H groups in total. The summed E-state index contributed by atoms with van der Waals surface area (Å²) >= 11 is 0. The molecule has 0 unspecified atom stereocenters. The van der Waals surface area contributed by atoms with Crippen LogP contribution in [0.2, 0.25) is 0 Å². The van der Waals surface area contributed by atoms with E-state index < -0.39 is 29.2 Å². The molecule has 4 rings (SSSR count). The molecular formula is C27H32N6O6. The van der Waals surface area contributed by atoms with Crippen molar-refractivity contribution in [2.24, 2.45) is 4.99 Å². The Morgan fingerprint density at radius 3 is 2.33 bits per heavy atom. The van der Waals surface area contributed by atoms with Crippen LogP contribution < -0.4 is 15.0 Å². The summed E-state index contributed by atoms with van der Waals surface area (Å²) in [4.78, 5) is 47.4. The highest BCUT2D eigenvalue weighted by Crippen LogP contribution is 2.23. The van der Waals surface area contributed by atoms with Crippen molar-refractivity contribution in [2.45, 2.75) is 59.2 Å². The molecule has 206 valence electrons. The molecule has 3 aromatic rings. The number of amides is 1. The van der Waals surface area contributed by atoms with Gasteiger partial charge in [-0.2, -0.15) is 5.10 Å². The number of nitrogens with one attached hydrogen (secondary N) is 1. The Balaban J connectivity index is 1.46. The number of anilines is 1. The zero-order chi connectivity index (χ0) is 28.4. The normalized spacial score (nSPS) is 14.8. The highest BCUT2D eigenvalue weighted by atomic mass is 16.6. The van der Waals surface area contributed by atoms with Crippen molar-refractivity contribution >= 4 is 35.3 Å². The molecule has 0 radical (unpaired) electrons. The molecule has 0 aliphatic carbocycles. The number of carbonyl (C=O) groups excluding carboxylic acids is 3. The van der Waals surface area contributed by atoms with E-state index in [4.69, 9.17) is 14.2 Å². The number of esters is 2. The van der Waals surface area contributed by atoms with Gasteiger partial charge in [0.25, 0.3) is 0 Å². The molecule has 0 spiro atoms. The number of carbonyl (C=O) groups is 3. The first-order chi connectivity index (χ1) is 18.3. The van der Waals surface area contributed by atoms with Crippen LogP contribution in [0.3, 0.4) is 0 Å². The molecule has 12 nitrogen and oxygen atoms in total. The molecule has 2 aromatic heterocycles. The van der Waals surface area contributed by atoms with Gasteiger partial charge in [-0.05, 0) is 77.9 Å². The summed E-state index contributed by atoms with van der Waals surface area (Å²) in [6.07, 6.45) is 0.617. The number of nitrogens with zero attached hydrogens (tertiary/aromatic N) is 5. The van der Waals surface area contributed by atoms with Crippen molar-refractivity contribution in [3.63, 3.8) is 0 Å². The van der Waals surface area contributed by atoms with Crippen LogP contribution >= 0.6 is 0 Å². The fraction of sp³-hybridized carbons (Fsp3) is 0.407. The van der Waals surface area contributed by atoms with E-state index >= 15 is 0 Å². The summed E-state index contributed by atoms with van der Waals surface area (Å²) in [6.45, 7) is 11.9. The quantitative estimate of drug-likeness (QED) is 0.482. The number of aliphatic imine (C=N–C) groups is 1. The number of aromatic nitrogens is 3. The lowest BCUT2D eigenvalue weighted by atomic mass is 10.2. The van der Waals surface area contributed by atoms with Gasteiger partial charge in [0.1, 0.15) is 17.5 Å². The largest absolute Gasteiger partial charge is 0.460 e. The number of fused-ring (bicyclic) bond motifs is 1. The van der Waals surface area contributed by atoms with Crippen molar-refractivity contribution in [2.75, 3.05) is 18.0 Å². The first kappa shape index (κ1) is 27.6. The molecule has 12 heteroatoms. The molecule has 1 aromatic carbocycles. The van der Waals surface area contributed by atoms with Gasteiger partial charge in [0.05, 0.1) is 17.7 Å². The van der Waals surface area contributed by atoms with Gasteiger partial charge in [-0.25, -0.2) is 19.1 Å². The fourth-order valence-electron chi connectivity index (χ4n) is 3.82. The third kappa shape index (κ3) is 7.09. The lowest BCUT2D eigenvalue weighted by Crippen LogP contribution is -2.32. The molecule has 1 aliphatic heterocycles. The Hall–Kier alpha value is -4.48. The standard InChI is InChI=1S/C27H32N6O6/c1-26(2,3)38-21(34)15-19-11-12-20(22-29-16-30-33(19)22)37-23(35)17-7-9-18(10-8-17)32-14-13-28-24(32)31-25(36)39-27(4,5)6/h7-12,16H,13-15H2,1-6H3,(H,28,31,36). The first-order valence-corrected chi connectivity index (χ1v) is 12.5. The van der Waals surface area contributed by atoms with E-state index in [1.807, 2.05) is 4.90 Å². The Labute approximate surface area is 226 Å². The second-order valence-corrected chi connectivity index (χ2v) is 10.9. The smallest absolute Gasteiger partial charge is 0.437 e. The maximum absolute atomic E-state index is 12.9. The number of benzene rings is 1. The molecule has 1 saturated heterocycles. The van der Waals surface area contributed by atoms with Gasteiger partial charge in [0, 0.05) is 18.8 Å². The van der Waals surface area contributed by atoms with Crippen LogP contribution in [0.5, 0.6) is 5.75 Å². The molecule has 0 bridgehead atoms. The van der Waals surface area contributed by atoms with Gasteiger partial charge in [0.2, 0.25) is 5.96 Å². The topological polar surface area (TPSA) is 137 Å². The predicted molar refractivity (Wildman–Crippen MR) is 143 cm³/mol. The minimum atomic E-state index is -0.686. The van der Waals surface area contributed by atoms with Gasteiger partial charge in [-0.3, -0.25) is 4.79 Å². The number of hydrogen-bond acceptors (Lipinski definition) is 8. The highest BCUT2D eigenvalue weighted by molar-refractivity contribution is 6.03. The summed E-state index contributed by atoms with van der Waals surface area (Å²) in [5.41, 5.74) is 0.637. The molecule has 0 saturated carbocycles. The lowest BCUT2D eigenvalue weighted by molar-refractivity contribution is -0.154. The summed E-state index contributed by atoms with van der Waals surface area (Å²) in [7, 11) is 0. The van der Waals surface area contributed by atoms with E-state index in [0.717, 1.165) is 5.69 Å². The second-order valence-electron chi connectivity index (χ2n) is 10.9. The summed E-state index contributed by atoms with van der Waals surface area (Å²) < 4.78 is 17.7. The van der Waals surface area contributed by atoms with Crippen molar-refractivity contribution in [1.29, 1.82) is 0 Å². The lowest BCUT2D eigenvalue weighted by Gasteiger charge is -2.20. The SMILES string of the molecule is CC(C)(C)OC(=O)Cc1ccc(OC(=O)c2ccc(N3CCN/C3=N/C(=O)OC(C)(C)C)cc2)c2ncnn12. The molecule has 0 atom stereocenters. The van der Waals surface area contributed by atoms with Crippen molar-refractivity contribution in [3.05, 3.63) is 54.0 Å². The Kier molecular flexibility index (Phi) is 7.57. The van der Waals surface area contributed by atoms with E-state index in [1.165, 1.54) is 10.8 Å². The predicted octanol–water partition coefficient (Wildman–Crippen LogP) is 3.53. The average Bonchev–Trinajstić information content (AvgIpc) is 3.48. The molecule has 1 aliphatic rings. The minimum absolute atomic E-state index is 0.0165. The van der Waals surface area contributed by atoms with Crippen LogP contribution in [0.4, 0.5) is 10.5 Å². The van der Waals surface area contributed by atoms with E-state index in [1.54, 1.807) is 77.9 Å². The van der Waals surface area contributed by atoms with Gasteiger partial charge in [-0.15, -0.1) is 4.99 Å². The Morgan fingerprint density at radius 2 is 1.67 bits per heavy atom. The molecule has 39 heavy (non-hydrogen) atoms. The van der Waals surface area contributed by atoms with Gasteiger partial charge in [-0.1, -0.05) is 0 Å². The third-order valence-corrected chi connectivity index (χ3v) is 5.29. The third-order valence-electron chi connectivity index (χ3n) is 5.29. The molecular weight excluding hydrogens is 504 g/mol. The monoisotopic (exact) mass is 536 g/mol. The summed E-state index contributed by atoms with van der Waals surface area (Å²) in [5.74, 6) is -0.421. The van der Waals surface area contributed by atoms with Crippen molar-refractivity contribution in [3.8, 4) is 5.75 Å². The zero-order valence-electron chi connectivity index (χ0n) is 22.8. The number of rotatable bonds is 5. The average molecular weight is 537 g/mol. The van der Waals surface area contributed by atoms with Gasteiger partial charge >= 0.3 is 18.0 Å².